The molecule has 5 heteroatoms. The summed E-state index contributed by atoms with van der Waals surface area (Å²) >= 11 is 1.61. The van der Waals surface area contributed by atoms with Gasteiger partial charge in [0.1, 0.15) is 5.01 Å². The van der Waals surface area contributed by atoms with Crippen LogP contribution < -0.4 is 10.6 Å². The Kier molecular flexibility index (Phi) is 4.93. The third-order valence-corrected chi connectivity index (χ3v) is 4.81. The van der Waals surface area contributed by atoms with Crippen LogP contribution in [0.1, 0.15) is 50.6 Å². The molecule has 0 bridgehead atoms. The maximum absolute atomic E-state index is 12.6. The summed E-state index contributed by atoms with van der Waals surface area (Å²) < 4.78 is 0. The number of nitrogens with one attached hydrogen (secondary N) is 2. The van der Waals surface area contributed by atoms with Crippen molar-refractivity contribution in [3.8, 4) is 0 Å². The lowest BCUT2D eigenvalue weighted by Crippen LogP contribution is -2.43. The summed E-state index contributed by atoms with van der Waals surface area (Å²) in [4.78, 5) is 17.0. The van der Waals surface area contributed by atoms with E-state index in [9.17, 15) is 4.79 Å². The molecule has 2 rings (SSSR count). The smallest absolute Gasteiger partial charge is 0.228 e. The molecule has 0 spiro atoms. The van der Waals surface area contributed by atoms with Crippen LogP contribution in [0.15, 0.2) is 11.6 Å². The quantitative estimate of drug-likeness (QED) is 0.842. The Morgan fingerprint density at radius 1 is 1.63 bits per heavy atom. The van der Waals surface area contributed by atoms with Gasteiger partial charge in [-0.25, -0.2) is 4.98 Å². The van der Waals surface area contributed by atoms with E-state index in [1.807, 2.05) is 5.38 Å². The van der Waals surface area contributed by atoms with Crippen molar-refractivity contribution in [2.24, 2.45) is 5.41 Å². The molecule has 0 aliphatic carbocycles. The van der Waals surface area contributed by atoms with Gasteiger partial charge in [0.05, 0.1) is 11.5 Å². The monoisotopic (exact) mass is 281 g/mol. The van der Waals surface area contributed by atoms with Gasteiger partial charge in [0, 0.05) is 18.1 Å². The van der Waals surface area contributed by atoms with Crippen LogP contribution in [0.25, 0.3) is 0 Å². The molecule has 2 unspecified atom stereocenters. The predicted molar refractivity (Wildman–Crippen MR) is 78.1 cm³/mol. The molecule has 0 saturated carbocycles. The van der Waals surface area contributed by atoms with Gasteiger partial charge in [-0.2, -0.15) is 0 Å². The first kappa shape index (κ1) is 14.5. The van der Waals surface area contributed by atoms with E-state index in [0.29, 0.717) is 0 Å². The highest BCUT2D eigenvalue weighted by Gasteiger charge is 2.41. The normalized spacial score (nSPS) is 24.3. The van der Waals surface area contributed by atoms with Crippen molar-refractivity contribution in [1.82, 2.24) is 15.6 Å². The summed E-state index contributed by atoms with van der Waals surface area (Å²) in [7, 11) is 0. The number of thiazole rings is 1. The number of hydrogen-bond acceptors (Lipinski definition) is 4. The molecule has 1 amide bonds. The topological polar surface area (TPSA) is 54.0 Å². The van der Waals surface area contributed by atoms with E-state index >= 15 is 0 Å². The van der Waals surface area contributed by atoms with E-state index in [1.165, 1.54) is 0 Å². The maximum atomic E-state index is 12.6. The third-order valence-electron chi connectivity index (χ3n) is 3.92. The molecule has 0 radical (unpaired) electrons. The van der Waals surface area contributed by atoms with Gasteiger partial charge >= 0.3 is 0 Å². The highest BCUT2D eigenvalue weighted by Crippen LogP contribution is 2.32. The molecule has 2 heterocycles. The van der Waals surface area contributed by atoms with Crippen LogP contribution in [-0.2, 0) is 4.79 Å². The number of carbonyl (C=O) groups is 1. The molecule has 1 saturated heterocycles. The van der Waals surface area contributed by atoms with Crippen LogP contribution in [-0.4, -0.2) is 24.0 Å². The molecule has 1 aliphatic heterocycles. The first-order valence-corrected chi connectivity index (χ1v) is 8.01. The highest BCUT2D eigenvalue weighted by molar-refractivity contribution is 7.09. The Bertz CT molecular complexity index is 399. The highest BCUT2D eigenvalue weighted by atomic mass is 32.1. The van der Waals surface area contributed by atoms with Crippen LogP contribution >= 0.6 is 11.3 Å². The summed E-state index contributed by atoms with van der Waals surface area (Å²) in [6, 6.07) is 0.0573. The van der Waals surface area contributed by atoms with E-state index < -0.39 is 0 Å². The summed E-state index contributed by atoms with van der Waals surface area (Å²) in [5.74, 6) is 0.196. The van der Waals surface area contributed by atoms with E-state index in [0.717, 1.165) is 43.8 Å². The fourth-order valence-electron chi connectivity index (χ4n) is 2.80. The molecular weight excluding hydrogens is 258 g/mol. The van der Waals surface area contributed by atoms with Gasteiger partial charge < -0.3 is 10.6 Å². The van der Waals surface area contributed by atoms with Gasteiger partial charge in [-0.15, -0.1) is 11.3 Å². The van der Waals surface area contributed by atoms with Crippen molar-refractivity contribution in [3.05, 3.63) is 16.6 Å². The number of amides is 1. The Morgan fingerprint density at radius 3 is 3.00 bits per heavy atom. The average Bonchev–Trinajstić information content (AvgIpc) is 3.07. The van der Waals surface area contributed by atoms with Crippen molar-refractivity contribution >= 4 is 17.2 Å². The van der Waals surface area contributed by atoms with E-state index in [4.69, 9.17) is 0 Å². The second-order valence-corrected chi connectivity index (χ2v) is 6.19. The Balaban J connectivity index is 2.06. The van der Waals surface area contributed by atoms with E-state index in [-0.39, 0.29) is 17.4 Å². The zero-order chi connectivity index (χ0) is 13.7. The number of hydrogen-bond donors (Lipinski definition) is 2. The summed E-state index contributed by atoms with van der Waals surface area (Å²) in [6.07, 6.45) is 5.63. The summed E-state index contributed by atoms with van der Waals surface area (Å²) in [5, 5.41) is 9.51. The molecule has 4 nitrogen and oxygen atoms in total. The van der Waals surface area contributed by atoms with Crippen molar-refractivity contribution in [2.45, 2.75) is 45.6 Å². The summed E-state index contributed by atoms with van der Waals surface area (Å²) in [5.41, 5.74) is -0.209. The third kappa shape index (κ3) is 3.15. The zero-order valence-corrected chi connectivity index (χ0v) is 12.6. The summed E-state index contributed by atoms with van der Waals surface area (Å²) in [6.45, 7) is 5.99. The molecule has 1 aromatic rings. The SMILES string of the molecule is CCCC1(C(=O)NC(CC)c2nccs2)CCNC1. The molecule has 106 valence electrons. The van der Waals surface area contributed by atoms with Crippen LogP contribution in [0.4, 0.5) is 0 Å². The molecule has 19 heavy (non-hydrogen) atoms. The first-order chi connectivity index (χ1) is 9.22. The van der Waals surface area contributed by atoms with Crippen molar-refractivity contribution in [1.29, 1.82) is 0 Å². The van der Waals surface area contributed by atoms with Crippen molar-refractivity contribution in [2.75, 3.05) is 13.1 Å². The fourth-order valence-corrected chi connectivity index (χ4v) is 3.57. The molecule has 0 aromatic carbocycles. The molecule has 1 fully saturated rings. The Morgan fingerprint density at radius 2 is 2.47 bits per heavy atom. The predicted octanol–water partition coefficient (Wildman–Crippen LogP) is 2.49. The maximum Gasteiger partial charge on any atom is 0.228 e. The molecule has 1 aliphatic rings. The van der Waals surface area contributed by atoms with Crippen molar-refractivity contribution in [3.63, 3.8) is 0 Å². The second kappa shape index (κ2) is 6.48. The fraction of sp³-hybridized carbons (Fsp3) is 0.714. The van der Waals surface area contributed by atoms with Gasteiger partial charge in [-0.3, -0.25) is 4.79 Å². The molecule has 1 aromatic heterocycles. The molecular formula is C14H23N3OS. The van der Waals surface area contributed by atoms with Gasteiger partial charge in [0.15, 0.2) is 0 Å². The number of aromatic nitrogens is 1. The van der Waals surface area contributed by atoms with Crippen molar-refractivity contribution < 1.29 is 4.79 Å². The Hall–Kier alpha value is -0.940. The molecule has 2 N–H and O–H groups in total. The molecule has 2 atom stereocenters. The minimum atomic E-state index is -0.209. The minimum absolute atomic E-state index is 0.0573. The largest absolute Gasteiger partial charge is 0.346 e. The number of nitrogens with zero attached hydrogens (tertiary/aromatic N) is 1. The number of rotatable bonds is 6. The van der Waals surface area contributed by atoms with Gasteiger partial charge in [-0.1, -0.05) is 20.3 Å². The average molecular weight is 281 g/mol. The standard InChI is InChI=1S/C14H23N3OS/c1-3-5-14(6-7-15-10-14)13(18)17-11(4-2)12-16-8-9-19-12/h8-9,11,15H,3-7,10H2,1-2H3,(H,17,18). The Labute approximate surface area is 119 Å². The first-order valence-electron chi connectivity index (χ1n) is 7.13. The lowest BCUT2D eigenvalue weighted by Gasteiger charge is -2.28. The minimum Gasteiger partial charge on any atom is -0.346 e. The second-order valence-electron chi connectivity index (χ2n) is 5.26. The van der Waals surface area contributed by atoms with Gasteiger partial charge in [0.25, 0.3) is 0 Å². The van der Waals surface area contributed by atoms with Crippen LogP contribution in [0.5, 0.6) is 0 Å². The lowest BCUT2D eigenvalue weighted by molar-refractivity contribution is -0.131. The van der Waals surface area contributed by atoms with Gasteiger partial charge in [-0.05, 0) is 25.8 Å². The van der Waals surface area contributed by atoms with Crippen LogP contribution in [0, 0.1) is 5.41 Å². The number of carbonyl (C=O) groups excluding carboxylic acids is 1. The van der Waals surface area contributed by atoms with Gasteiger partial charge in [0.2, 0.25) is 5.91 Å². The lowest BCUT2D eigenvalue weighted by atomic mass is 9.81. The zero-order valence-electron chi connectivity index (χ0n) is 11.7. The van der Waals surface area contributed by atoms with Crippen LogP contribution in [0.2, 0.25) is 0 Å². The van der Waals surface area contributed by atoms with Crippen LogP contribution in [0.3, 0.4) is 0 Å². The van der Waals surface area contributed by atoms with E-state index in [1.54, 1.807) is 17.5 Å². The van der Waals surface area contributed by atoms with E-state index in [2.05, 4.69) is 29.5 Å².